The van der Waals surface area contributed by atoms with Crippen molar-refractivity contribution in [3.8, 4) is 0 Å². The summed E-state index contributed by atoms with van der Waals surface area (Å²) in [7, 11) is -1.37. The molecular formula is C13H28OSi. The summed E-state index contributed by atoms with van der Waals surface area (Å²) in [5, 5.41) is 0. The van der Waals surface area contributed by atoms with Crippen LogP contribution in [-0.2, 0) is 4.43 Å². The highest BCUT2D eigenvalue weighted by atomic mass is 28.4. The minimum absolute atomic E-state index is 0.422. The smallest absolute Gasteiger partial charge is 0.184 e. The van der Waals surface area contributed by atoms with Gasteiger partial charge in [-0.3, -0.25) is 0 Å². The molecule has 15 heavy (non-hydrogen) atoms. The van der Waals surface area contributed by atoms with Gasteiger partial charge in [-0.2, -0.15) is 0 Å². The standard InChI is InChI=1S/C13H28OSi/c1-6-8-9-10-12-13(11-7-2)14-15(3,4)5/h7,13H,2,6,8-12H2,1,3-5H3/t13-/m0/s1. The number of rotatable bonds is 9. The highest BCUT2D eigenvalue weighted by molar-refractivity contribution is 6.69. The van der Waals surface area contributed by atoms with Crippen LogP contribution < -0.4 is 0 Å². The van der Waals surface area contributed by atoms with Crippen molar-refractivity contribution in [1.82, 2.24) is 0 Å². The second-order valence-corrected chi connectivity index (χ2v) is 9.69. The maximum atomic E-state index is 6.13. The molecule has 90 valence electrons. The van der Waals surface area contributed by atoms with Gasteiger partial charge in [0.1, 0.15) is 0 Å². The van der Waals surface area contributed by atoms with Gasteiger partial charge < -0.3 is 4.43 Å². The van der Waals surface area contributed by atoms with Gasteiger partial charge in [0, 0.05) is 6.10 Å². The van der Waals surface area contributed by atoms with Crippen molar-refractivity contribution in [2.75, 3.05) is 0 Å². The second-order valence-electron chi connectivity index (χ2n) is 5.23. The fraction of sp³-hybridized carbons (Fsp3) is 0.846. The van der Waals surface area contributed by atoms with E-state index < -0.39 is 8.32 Å². The summed E-state index contributed by atoms with van der Waals surface area (Å²) < 4.78 is 6.13. The Labute approximate surface area is 97.0 Å². The summed E-state index contributed by atoms with van der Waals surface area (Å²) in [6.07, 6.45) is 9.94. The Kier molecular flexibility index (Phi) is 8.07. The van der Waals surface area contributed by atoms with Crippen molar-refractivity contribution in [3.05, 3.63) is 12.7 Å². The second kappa shape index (κ2) is 8.11. The molecule has 0 heterocycles. The topological polar surface area (TPSA) is 9.23 Å². The van der Waals surface area contributed by atoms with Crippen molar-refractivity contribution in [1.29, 1.82) is 0 Å². The molecule has 0 spiro atoms. The summed E-state index contributed by atoms with van der Waals surface area (Å²) in [5.74, 6) is 0. The zero-order valence-corrected chi connectivity index (χ0v) is 12.0. The first-order valence-electron chi connectivity index (χ1n) is 6.28. The lowest BCUT2D eigenvalue weighted by atomic mass is 10.1. The van der Waals surface area contributed by atoms with Crippen molar-refractivity contribution < 1.29 is 4.43 Å². The van der Waals surface area contributed by atoms with E-state index in [4.69, 9.17) is 4.43 Å². The quantitative estimate of drug-likeness (QED) is 0.314. The van der Waals surface area contributed by atoms with Crippen molar-refractivity contribution >= 4 is 8.32 Å². The summed E-state index contributed by atoms with van der Waals surface area (Å²) in [6.45, 7) is 12.8. The van der Waals surface area contributed by atoms with Crippen LogP contribution in [0.2, 0.25) is 19.6 Å². The molecule has 0 radical (unpaired) electrons. The molecule has 0 bridgehead atoms. The zero-order valence-electron chi connectivity index (χ0n) is 11.0. The fourth-order valence-corrected chi connectivity index (χ4v) is 2.92. The predicted octanol–water partition coefficient (Wildman–Crippen LogP) is 4.75. The Bertz CT molecular complexity index is 160. The van der Waals surface area contributed by atoms with Crippen LogP contribution in [0.4, 0.5) is 0 Å². The minimum Gasteiger partial charge on any atom is -0.414 e. The van der Waals surface area contributed by atoms with Gasteiger partial charge >= 0.3 is 0 Å². The van der Waals surface area contributed by atoms with E-state index in [0.29, 0.717) is 6.10 Å². The predicted molar refractivity (Wildman–Crippen MR) is 71.8 cm³/mol. The molecule has 0 aromatic carbocycles. The van der Waals surface area contributed by atoms with Gasteiger partial charge in [-0.25, -0.2) is 0 Å². The molecule has 0 aromatic rings. The van der Waals surface area contributed by atoms with Crippen LogP contribution >= 0.6 is 0 Å². The molecule has 0 fully saturated rings. The van der Waals surface area contributed by atoms with Crippen LogP contribution in [0.1, 0.15) is 45.4 Å². The Morgan fingerprint density at radius 3 is 2.33 bits per heavy atom. The Morgan fingerprint density at radius 2 is 1.87 bits per heavy atom. The third-order valence-electron chi connectivity index (χ3n) is 2.33. The third-order valence-corrected chi connectivity index (χ3v) is 3.37. The molecule has 1 atom stereocenters. The van der Waals surface area contributed by atoms with Crippen LogP contribution in [0, 0.1) is 0 Å². The molecule has 0 saturated heterocycles. The summed E-state index contributed by atoms with van der Waals surface area (Å²) >= 11 is 0. The molecule has 1 nitrogen and oxygen atoms in total. The number of hydrogen-bond donors (Lipinski definition) is 0. The highest BCUT2D eigenvalue weighted by Gasteiger charge is 2.19. The van der Waals surface area contributed by atoms with E-state index in [2.05, 4.69) is 33.1 Å². The highest BCUT2D eigenvalue weighted by Crippen LogP contribution is 2.16. The molecule has 0 N–H and O–H groups in total. The molecular weight excluding hydrogens is 200 g/mol. The average Bonchev–Trinajstić information content (AvgIpc) is 2.10. The van der Waals surface area contributed by atoms with Gasteiger partial charge in [0.25, 0.3) is 0 Å². The lowest BCUT2D eigenvalue weighted by Crippen LogP contribution is -2.31. The summed E-state index contributed by atoms with van der Waals surface area (Å²) in [6, 6.07) is 0. The van der Waals surface area contributed by atoms with Gasteiger partial charge in [0.15, 0.2) is 8.32 Å². The molecule has 0 aliphatic rings. The molecule has 0 amide bonds. The fourth-order valence-electron chi connectivity index (χ4n) is 1.71. The van der Waals surface area contributed by atoms with Crippen LogP contribution in [-0.4, -0.2) is 14.4 Å². The molecule has 0 unspecified atom stereocenters. The van der Waals surface area contributed by atoms with Crippen molar-refractivity contribution in [3.63, 3.8) is 0 Å². The van der Waals surface area contributed by atoms with Gasteiger partial charge in [0.2, 0.25) is 0 Å². The maximum absolute atomic E-state index is 6.13. The van der Waals surface area contributed by atoms with Crippen molar-refractivity contribution in [2.24, 2.45) is 0 Å². The first kappa shape index (κ1) is 14.9. The average molecular weight is 228 g/mol. The van der Waals surface area contributed by atoms with E-state index in [1.54, 1.807) is 0 Å². The van der Waals surface area contributed by atoms with Crippen LogP contribution in [0.15, 0.2) is 12.7 Å². The molecule has 0 aliphatic heterocycles. The largest absolute Gasteiger partial charge is 0.414 e. The normalized spacial score (nSPS) is 13.9. The minimum atomic E-state index is -1.37. The summed E-state index contributed by atoms with van der Waals surface area (Å²) in [4.78, 5) is 0. The van der Waals surface area contributed by atoms with Crippen LogP contribution in [0.3, 0.4) is 0 Å². The van der Waals surface area contributed by atoms with Crippen LogP contribution in [0.25, 0.3) is 0 Å². The van der Waals surface area contributed by atoms with E-state index in [-0.39, 0.29) is 0 Å². The van der Waals surface area contributed by atoms with E-state index in [1.165, 1.54) is 32.1 Å². The Hall–Kier alpha value is -0.0831. The number of unbranched alkanes of at least 4 members (excludes halogenated alkanes) is 3. The zero-order chi connectivity index (χ0) is 11.7. The first-order chi connectivity index (χ1) is 6.99. The maximum Gasteiger partial charge on any atom is 0.184 e. The van der Waals surface area contributed by atoms with Crippen molar-refractivity contribution in [2.45, 2.75) is 71.2 Å². The van der Waals surface area contributed by atoms with E-state index in [1.807, 2.05) is 6.08 Å². The molecule has 0 aliphatic carbocycles. The van der Waals surface area contributed by atoms with Crippen LogP contribution in [0.5, 0.6) is 0 Å². The van der Waals surface area contributed by atoms with Gasteiger partial charge in [-0.1, -0.05) is 38.7 Å². The van der Waals surface area contributed by atoms with E-state index in [9.17, 15) is 0 Å². The monoisotopic (exact) mass is 228 g/mol. The summed E-state index contributed by atoms with van der Waals surface area (Å²) in [5.41, 5.74) is 0. The number of hydrogen-bond acceptors (Lipinski definition) is 1. The Balaban J connectivity index is 3.78. The lowest BCUT2D eigenvalue weighted by Gasteiger charge is -2.25. The molecule has 0 rings (SSSR count). The van der Waals surface area contributed by atoms with Gasteiger partial charge in [-0.05, 0) is 32.5 Å². The molecule has 0 saturated carbocycles. The van der Waals surface area contributed by atoms with Gasteiger partial charge in [0.05, 0.1) is 0 Å². The third kappa shape index (κ3) is 10.2. The molecule has 2 heteroatoms. The SMILES string of the molecule is C=CC[C@@H](CCCCCC)O[Si](C)(C)C. The van der Waals surface area contributed by atoms with E-state index in [0.717, 1.165) is 6.42 Å². The van der Waals surface area contributed by atoms with E-state index >= 15 is 0 Å². The lowest BCUT2D eigenvalue weighted by molar-refractivity contribution is 0.182. The van der Waals surface area contributed by atoms with Gasteiger partial charge in [-0.15, -0.1) is 6.58 Å². The first-order valence-corrected chi connectivity index (χ1v) is 9.69. The molecule has 0 aromatic heterocycles. The Morgan fingerprint density at radius 1 is 1.20 bits per heavy atom.